The Morgan fingerprint density at radius 1 is 1.35 bits per heavy atom. The van der Waals surface area contributed by atoms with Crippen LogP contribution in [-0.2, 0) is 16.1 Å². The van der Waals surface area contributed by atoms with Gasteiger partial charge in [0.25, 0.3) is 0 Å². The number of ether oxygens (including phenoxy) is 1. The molecule has 1 aliphatic rings. The third-order valence-electron chi connectivity index (χ3n) is 4.34. The van der Waals surface area contributed by atoms with E-state index in [9.17, 15) is 4.79 Å². The van der Waals surface area contributed by atoms with Gasteiger partial charge in [-0.05, 0) is 12.8 Å². The fraction of sp³-hybridized carbons (Fsp3) is 0.750. The van der Waals surface area contributed by atoms with Crippen molar-refractivity contribution in [2.75, 3.05) is 33.3 Å². The van der Waals surface area contributed by atoms with E-state index in [-0.39, 0.29) is 17.9 Å². The van der Waals surface area contributed by atoms with Crippen molar-refractivity contribution in [1.29, 1.82) is 0 Å². The van der Waals surface area contributed by atoms with Crippen molar-refractivity contribution in [3.05, 3.63) is 16.1 Å². The summed E-state index contributed by atoms with van der Waals surface area (Å²) in [4.78, 5) is 21.1. The summed E-state index contributed by atoms with van der Waals surface area (Å²) in [6.07, 6.45) is 0.0424. The third-order valence-corrected chi connectivity index (χ3v) is 5.40. The van der Waals surface area contributed by atoms with Gasteiger partial charge in [-0.3, -0.25) is 9.69 Å². The Balaban J connectivity index is 1.83. The van der Waals surface area contributed by atoms with Gasteiger partial charge in [0.15, 0.2) is 0 Å². The molecular formula is C16H28N4O2S. The van der Waals surface area contributed by atoms with Crippen LogP contribution in [0.25, 0.3) is 0 Å². The van der Waals surface area contributed by atoms with Gasteiger partial charge in [0, 0.05) is 45.2 Å². The normalized spacial score (nSPS) is 19.1. The molecule has 130 valence electrons. The van der Waals surface area contributed by atoms with Crippen LogP contribution in [-0.4, -0.2) is 60.0 Å². The number of amides is 1. The minimum atomic E-state index is -0.391. The van der Waals surface area contributed by atoms with E-state index in [0.717, 1.165) is 43.4 Å². The van der Waals surface area contributed by atoms with E-state index < -0.39 is 6.04 Å². The molecule has 6 nitrogen and oxygen atoms in total. The third kappa shape index (κ3) is 4.73. The molecular weight excluding hydrogens is 312 g/mol. The number of methoxy groups -OCH3 is 1. The Labute approximate surface area is 142 Å². The van der Waals surface area contributed by atoms with Gasteiger partial charge in [0.2, 0.25) is 5.91 Å². The molecule has 1 amide bonds. The van der Waals surface area contributed by atoms with Crippen LogP contribution in [0.4, 0.5) is 0 Å². The Bertz CT molecular complexity index is 512. The molecule has 0 unspecified atom stereocenters. The standard InChI is InChI=1S/C16H28N4O2S/c1-11(2)14(17)16(21)20-7-5-19(6-8-20)9-13-10-23-15(18-13)12(3)22-4/h10-12,14H,5-9,17H2,1-4H3/t12-,14+/m1/s1. The summed E-state index contributed by atoms with van der Waals surface area (Å²) in [6.45, 7) is 10.0. The molecule has 1 aromatic heterocycles. The first kappa shape index (κ1) is 18.3. The second-order valence-corrected chi connectivity index (χ2v) is 7.32. The minimum absolute atomic E-state index is 0.0424. The van der Waals surface area contributed by atoms with E-state index in [1.54, 1.807) is 18.4 Å². The van der Waals surface area contributed by atoms with Crippen molar-refractivity contribution < 1.29 is 9.53 Å². The van der Waals surface area contributed by atoms with Crippen molar-refractivity contribution in [2.24, 2.45) is 11.7 Å². The van der Waals surface area contributed by atoms with Gasteiger partial charge in [-0.15, -0.1) is 11.3 Å². The van der Waals surface area contributed by atoms with Crippen LogP contribution in [0.15, 0.2) is 5.38 Å². The van der Waals surface area contributed by atoms with Crippen molar-refractivity contribution in [1.82, 2.24) is 14.8 Å². The predicted molar refractivity (Wildman–Crippen MR) is 92.2 cm³/mol. The van der Waals surface area contributed by atoms with Gasteiger partial charge in [0.1, 0.15) is 11.1 Å². The number of rotatable bonds is 6. The van der Waals surface area contributed by atoms with Crippen molar-refractivity contribution in [3.8, 4) is 0 Å². The second-order valence-electron chi connectivity index (χ2n) is 6.43. The molecule has 1 fully saturated rings. The molecule has 0 aliphatic carbocycles. The van der Waals surface area contributed by atoms with Crippen LogP contribution < -0.4 is 5.73 Å². The lowest BCUT2D eigenvalue weighted by molar-refractivity contribution is -0.135. The zero-order valence-corrected chi connectivity index (χ0v) is 15.3. The topological polar surface area (TPSA) is 71.7 Å². The molecule has 23 heavy (non-hydrogen) atoms. The maximum atomic E-state index is 12.3. The van der Waals surface area contributed by atoms with Gasteiger partial charge >= 0.3 is 0 Å². The highest BCUT2D eigenvalue weighted by Crippen LogP contribution is 2.21. The number of thiazole rings is 1. The summed E-state index contributed by atoms with van der Waals surface area (Å²) in [6, 6.07) is -0.391. The first-order chi connectivity index (χ1) is 10.9. The molecule has 0 saturated carbocycles. The Morgan fingerprint density at radius 2 is 2.00 bits per heavy atom. The Kier molecular flexibility index (Phi) is 6.52. The van der Waals surface area contributed by atoms with Crippen LogP contribution in [0.3, 0.4) is 0 Å². The van der Waals surface area contributed by atoms with Crippen LogP contribution >= 0.6 is 11.3 Å². The maximum Gasteiger partial charge on any atom is 0.239 e. The number of nitrogens with two attached hydrogens (primary N) is 1. The van der Waals surface area contributed by atoms with Gasteiger partial charge in [-0.1, -0.05) is 13.8 Å². The fourth-order valence-corrected chi connectivity index (χ4v) is 3.38. The molecule has 0 radical (unpaired) electrons. The highest BCUT2D eigenvalue weighted by Gasteiger charge is 2.27. The van der Waals surface area contributed by atoms with E-state index in [4.69, 9.17) is 10.5 Å². The SMILES string of the molecule is CO[C@H](C)c1nc(CN2CCN(C(=O)[C@@H](N)C(C)C)CC2)cs1. The number of nitrogens with zero attached hydrogens (tertiary/aromatic N) is 3. The maximum absolute atomic E-state index is 12.3. The lowest BCUT2D eigenvalue weighted by Gasteiger charge is -2.36. The number of aromatic nitrogens is 1. The Hall–Kier alpha value is -1.02. The number of piperazine rings is 1. The molecule has 2 rings (SSSR count). The minimum Gasteiger partial charge on any atom is -0.375 e. The number of carbonyl (C=O) groups excluding carboxylic acids is 1. The van der Waals surface area contributed by atoms with Crippen LogP contribution in [0, 0.1) is 5.92 Å². The summed E-state index contributed by atoms with van der Waals surface area (Å²) in [5.41, 5.74) is 7.04. The van der Waals surface area contributed by atoms with Crippen molar-refractivity contribution in [3.63, 3.8) is 0 Å². The lowest BCUT2D eigenvalue weighted by atomic mass is 10.0. The molecule has 1 aliphatic heterocycles. The number of hydrogen-bond acceptors (Lipinski definition) is 6. The van der Waals surface area contributed by atoms with E-state index in [0.29, 0.717) is 0 Å². The summed E-state index contributed by atoms with van der Waals surface area (Å²) in [5, 5.41) is 3.11. The number of hydrogen-bond donors (Lipinski definition) is 1. The second kappa shape index (κ2) is 8.19. The summed E-state index contributed by atoms with van der Waals surface area (Å²) in [5.74, 6) is 0.251. The molecule has 7 heteroatoms. The van der Waals surface area contributed by atoms with E-state index in [1.807, 2.05) is 25.7 Å². The zero-order valence-electron chi connectivity index (χ0n) is 14.5. The quantitative estimate of drug-likeness (QED) is 0.849. The van der Waals surface area contributed by atoms with Crippen LogP contribution in [0.5, 0.6) is 0 Å². The largest absolute Gasteiger partial charge is 0.375 e. The molecule has 1 aromatic rings. The average molecular weight is 340 g/mol. The lowest BCUT2D eigenvalue weighted by Crippen LogP contribution is -2.54. The van der Waals surface area contributed by atoms with Gasteiger partial charge in [-0.2, -0.15) is 0 Å². The van der Waals surface area contributed by atoms with Gasteiger partial charge in [0.05, 0.1) is 11.7 Å². The number of carbonyl (C=O) groups is 1. The first-order valence-corrected chi connectivity index (χ1v) is 9.04. The van der Waals surface area contributed by atoms with Crippen molar-refractivity contribution >= 4 is 17.2 Å². The van der Waals surface area contributed by atoms with E-state index in [2.05, 4.69) is 15.3 Å². The zero-order chi connectivity index (χ0) is 17.0. The average Bonchev–Trinajstić information content (AvgIpc) is 3.01. The van der Waals surface area contributed by atoms with Crippen LogP contribution in [0.2, 0.25) is 0 Å². The molecule has 0 aromatic carbocycles. The van der Waals surface area contributed by atoms with Crippen LogP contribution in [0.1, 0.15) is 37.6 Å². The highest BCUT2D eigenvalue weighted by molar-refractivity contribution is 7.09. The van der Waals surface area contributed by atoms with E-state index >= 15 is 0 Å². The smallest absolute Gasteiger partial charge is 0.239 e. The van der Waals surface area contributed by atoms with E-state index in [1.165, 1.54) is 0 Å². The van der Waals surface area contributed by atoms with Crippen molar-refractivity contribution in [2.45, 2.75) is 39.5 Å². The highest BCUT2D eigenvalue weighted by atomic mass is 32.1. The summed E-state index contributed by atoms with van der Waals surface area (Å²) >= 11 is 1.64. The van der Waals surface area contributed by atoms with Gasteiger partial charge in [-0.25, -0.2) is 4.98 Å². The molecule has 2 atom stereocenters. The fourth-order valence-electron chi connectivity index (χ4n) is 2.53. The molecule has 0 bridgehead atoms. The Morgan fingerprint density at radius 3 is 2.57 bits per heavy atom. The predicted octanol–water partition coefficient (Wildman–Crippen LogP) is 1.48. The summed E-state index contributed by atoms with van der Waals surface area (Å²) in [7, 11) is 1.70. The molecule has 2 N–H and O–H groups in total. The summed E-state index contributed by atoms with van der Waals surface area (Å²) < 4.78 is 5.30. The molecule has 2 heterocycles. The monoisotopic (exact) mass is 340 g/mol. The molecule has 1 saturated heterocycles. The van der Waals surface area contributed by atoms with Gasteiger partial charge < -0.3 is 15.4 Å². The molecule has 0 spiro atoms. The first-order valence-electron chi connectivity index (χ1n) is 8.16.